The van der Waals surface area contributed by atoms with Crippen molar-refractivity contribution in [2.45, 2.75) is 44.9 Å². The molecule has 0 heterocycles. The van der Waals surface area contributed by atoms with E-state index in [9.17, 15) is 9.59 Å². The highest BCUT2D eigenvalue weighted by Gasteiger charge is 2.03. The molecule has 2 rings (SSSR count). The smallest absolute Gasteiger partial charge is 0.240 e. The number of para-hydroxylation sites is 2. The van der Waals surface area contributed by atoms with Gasteiger partial charge in [0.05, 0.1) is 26.6 Å². The molecule has 0 aliphatic heterocycles. The van der Waals surface area contributed by atoms with Gasteiger partial charge in [0.1, 0.15) is 11.5 Å². The van der Waals surface area contributed by atoms with Crippen molar-refractivity contribution in [3.8, 4) is 11.5 Å². The zero-order valence-electron chi connectivity index (χ0n) is 19.3. The molecule has 0 saturated heterocycles. The molecule has 0 bridgehead atoms. The van der Waals surface area contributed by atoms with Gasteiger partial charge in [-0.1, -0.05) is 43.5 Å². The first kappa shape index (κ1) is 25.6. The second-order valence-electron chi connectivity index (χ2n) is 7.34. The SMILES string of the molecule is COc1ccccc1/C=N/NC(=O)CCCCCCCC(=O)N/N=C/c1ccccc1OC. The van der Waals surface area contributed by atoms with Crippen LogP contribution in [0.2, 0.25) is 0 Å². The summed E-state index contributed by atoms with van der Waals surface area (Å²) >= 11 is 0. The van der Waals surface area contributed by atoms with E-state index in [2.05, 4.69) is 21.1 Å². The van der Waals surface area contributed by atoms with Crippen LogP contribution in [0.25, 0.3) is 0 Å². The number of hydrogen-bond acceptors (Lipinski definition) is 6. The van der Waals surface area contributed by atoms with Crippen molar-refractivity contribution in [3.63, 3.8) is 0 Å². The van der Waals surface area contributed by atoms with E-state index in [1.165, 1.54) is 0 Å². The number of rotatable bonds is 14. The summed E-state index contributed by atoms with van der Waals surface area (Å²) in [5.41, 5.74) is 6.68. The van der Waals surface area contributed by atoms with Gasteiger partial charge in [-0.25, -0.2) is 10.9 Å². The van der Waals surface area contributed by atoms with Crippen molar-refractivity contribution >= 4 is 24.2 Å². The summed E-state index contributed by atoms with van der Waals surface area (Å²) in [6.45, 7) is 0. The van der Waals surface area contributed by atoms with Gasteiger partial charge in [-0.2, -0.15) is 10.2 Å². The maximum absolute atomic E-state index is 11.9. The molecule has 0 unspecified atom stereocenters. The zero-order valence-corrected chi connectivity index (χ0v) is 19.3. The topological polar surface area (TPSA) is 101 Å². The normalized spacial score (nSPS) is 11.0. The van der Waals surface area contributed by atoms with Gasteiger partial charge in [0, 0.05) is 24.0 Å². The number of carbonyl (C=O) groups excluding carboxylic acids is 2. The maximum atomic E-state index is 11.9. The molecule has 0 aliphatic carbocycles. The summed E-state index contributed by atoms with van der Waals surface area (Å²) in [6, 6.07) is 14.9. The van der Waals surface area contributed by atoms with Crippen molar-refractivity contribution in [1.29, 1.82) is 0 Å². The van der Waals surface area contributed by atoms with Crippen molar-refractivity contribution in [2.24, 2.45) is 10.2 Å². The standard InChI is InChI=1S/C25H32N4O4/c1-32-22-14-10-8-12-20(22)18-26-28-24(30)16-6-4-3-5-7-17-25(31)29-27-19-21-13-9-11-15-23(21)33-2/h8-15,18-19H,3-7,16-17H2,1-2H3,(H,28,30)(H,29,31)/b26-18+,27-19+. The highest BCUT2D eigenvalue weighted by atomic mass is 16.5. The van der Waals surface area contributed by atoms with Crippen LogP contribution in [0.15, 0.2) is 58.7 Å². The molecule has 0 aromatic heterocycles. The number of nitrogens with one attached hydrogen (secondary N) is 2. The van der Waals surface area contributed by atoms with E-state index in [0.717, 1.165) is 43.2 Å². The summed E-state index contributed by atoms with van der Waals surface area (Å²) in [5.74, 6) is 1.17. The fourth-order valence-electron chi connectivity index (χ4n) is 3.11. The van der Waals surface area contributed by atoms with Crippen LogP contribution in [0.5, 0.6) is 11.5 Å². The van der Waals surface area contributed by atoms with Crippen LogP contribution in [-0.4, -0.2) is 38.5 Å². The molecular formula is C25H32N4O4. The van der Waals surface area contributed by atoms with Crippen LogP contribution in [0.4, 0.5) is 0 Å². The Labute approximate surface area is 195 Å². The Morgan fingerprint density at radius 2 is 1.09 bits per heavy atom. The average Bonchev–Trinajstić information content (AvgIpc) is 2.84. The third-order valence-electron chi connectivity index (χ3n) is 4.87. The van der Waals surface area contributed by atoms with E-state index in [0.29, 0.717) is 24.3 Å². The highest BCUT2D eigenvalue weighted by Crippen LogP contribution is 2.15. The molecule has 8 nitrogen and oxygen atoms in total. The van der Waals surface area contributed by atoms with Gasteiger partial charge in [0.25, 0.3) is 0 Å². The van der Waals surface area contributed by atoms with Gasteiger partial charge in [-0.15, -0.1) is 0 Å². The molecule has 0 saturated carbocycles. The lowest BCUT2D eigenvalue weighted by atomic mass is 10.1. The molecule has 2 aromatic carbocycles. The summed E-state index contributed by atoms with van der Waals surface area (Å²) in [7, 11) is 3.19. The molecular weight excluding hydrogens is 420 g/mol. The molecule has 0 aliphatic rings. The van der Waals surface area contributed by atoms with Crippen LogP contribution in [-0.2, 0) is 9.59 Å². The number of nitrogens with zero attached hydrogens (tertiary/aromatic N) is 2. The molecule has 2 N–H and O–H groups in total. The second kappa shape index (κ2) is 15.2. The molecule has 33 heavy (non-hydrogen) atoms. The lowest BCUT2D eigenvalue weighted by Crippen LogP contribution is -2.17. The van der Waals surface area contributed by atoms with Crippen LogP contribution < -0.4 is 20.3 Å². The highest BCUT2D eigenvalue weighted by molar-refractivity contribution is 5.85. The Hall–Kier alpha value is -3.68. The van der Waals surface area contributed by atoms with Gasteiger partial charge in [0.2, 0.25) is 11.8 Å². The first-order valence-corrected chi connectivity index (χ1v) is 11.0. The lowest BCUT2D eigenvalue weighted by molar-refractivity contribution is -0.121. The van der Waals surface area contributed by atoms with E-state index in [1.54, 1.807) is 26.6 Å². The van der Waals surface area contributed by atoms with E-state index in [-0.39, 0.29) is 11.8 Å². The number of amides is 2. The van der Waals surface area contributed by atoms with Gasteiger partial charge in [-0.05, 0) is 37.1 Å². The van der Waals surface area contributed by atoms with Crippen molar-refractivity contribution < 1.29 is 19.1 Å². The zero-order chi connectivity index (χ0) is 23.7. The molecule has 0 fully saturated rings. The minimum atomic E-state index is -0.117. The summed E-state index contributed by atoms with van der Waals surface area (Å²) in [4.78, 5) is 23.8. The van der Waals surface area contributed by atoms with Crippen molar-refractivity contribution in [2.75, 3.05) is 14.2 Å². The number of hydrazone groups is 2. The minimum absolute atomic E-state index is 0.117. The fourth-order valence-corrected chi connectivity index (χ4v) is 3.11. The number of benzene rings is 2. The molecule has 8 heteroatoms. The largest absolute Gasteiger partial charge is 0.496 e. The quantitative estimate of drug-likeness (QED) is 0.257. The van der Waals surface area contributed by atoms with Gasteiger partial charge in [-0.3, -0.25) is 9.59 Å². The molecule has 0 atom stereocenters. The molecule has 2 amide bonds. The van der Waals surface area contributed by atoms with E-state index < -0.39 is 0 Å². The fraction of sp³-hybridized carbons (Fsp3) is 0.360. The number of ether oxygens (including phenoxy) is 2. The summed E-state index contributed by atoms with van der Waals surface area (Å²) in [6.07, 6.45) is 8.37. The summed E-state index contributed by atoms with van der Waals surface area (Å²) in [5, 5.41) is 7.97. The van der Waals surface area contributed by atoms with Crippen LogP contribution in [0.3, 0.4) is 0 Å². The first-order chi connectivity index (χ1) is 16.1. The van der Waals surface area contributed by atoms with E-state index >= 15 is 0 Å². The predicted octanol–water partition coefficient (Wildman–Crippen LogP) is 4.03. The molecule has 2 aromatic rings. The maximum Gasteiger partial charge on any atom is 0.240 e. The monoisotopic (exact) mass is 452 g/mol. The Morgan fingerprint density at radius 1 is 0.697 bits per heavy atom. The van der Waals surface area contributed by atoms with Crippen LogP contribution in [0, 0.1) is 0 Å². The molecule has 176 valence electrons. The Bertz CT molecular complexity index is 868. The van der Waals surface area contributed by atoms with E-state index in [4.69, 9.17) is 9.47 Å². The average molecular weight is 453 g/mol. The van der Waals surface area contributed by atoms with E-state index in [1.807, 2.05) is 48.5 Å². The van der Waals surface area contributed by atoms with Crippen LogP contribution >= 0.6 is 0 Å². The summed E-state index contributed by atoms with van der Waals surface area (Å²) < 4.78 is 10.5. The van der Waals surface area contributed by atoms with Crippen molar-refractivity contribution in [1.82, 2.24) is 10.9 Å². The van der Waals surface area contributed by atoms with Gasteiger partial charge in [0.15, 0.2) is 0 Å². The number of methoxy groups -OCH3 is 2. The first-order valence-electron chi connectivity index (χ1n) is 11.0. The second-order valence-corrected chi connectivity index (χ2v) is 7.34. The Kier molecular flexibility index (Phi) is 11.8. The molecule has 0 radical (unpaired) electrons. The predicted molar refractivity (Wildman–Crippen MR) is 130 cm³/mol. The third kappa shape index (κ3) is 9.99. The Balaban J connectivity index is 1.51. The number of carbonyl (C=O) groups is 2. The van der Waals surface area contributed by atoms with Gasteiger partial charge >= 0.3 is 0 Å². The number of hydrogen-bond donors (Lipinski definition) is 2. The molecule has 0 spiro atoms. The minimum Gasteiger partial charge on any atom is -0.496 e. The number of unbranched alkanes of at least 4 members (excludes halogenated alkanes) is 4. The van der Waals surface area contributed by atoms with Crippen molar-refractivity contribution in [3.05, 3.63) is 59.7 Å². The lowest BCUT2D eigenvalue weighted by Gasteiger charge is -2.04. The Morgan fingerprint density at radius 3 is 1.52 bits per heavy atom. The third-order valence-corrected chi connectivity index (χ3v) is 4.87. The van der Waals surface area contributed by atoms with Crippen LogP contribution in [0.1, 0.15) is 56.1 Å². The van der Waals surface area contributed by atoms with Gasteiger partial charge < -0.3 is 9.47 Å².